The van der Waals surface area contributed by atoms with Gasteiger partial charge in [0.05, 0.1) is 13.2 Å². The largest absolute Gasteiger partial charge is 0.491 e. The van der Waals surface area contributed by atoms with Crippen LogP contribution in [-0.2, 0) is 9.47 Å². The van der Waals surface area contributed by atoms with Gasteiger partial charge in [0.25, 0.3) is 0 Å². The van der Waals surface area contributed by atoms with Crippen molar-refractivity contribution in [2.24, 2.45) is 0 Å². The molecule has 0 spiro atoms. The number of para-hydroxylation sites is 2. The topological polar surface area (TPSA) is 43.4 Å². The van der Waals surface area contributed by atoms with Gasteiger partial charge in [0.2, 0.25) is 0 Å². The van der Waals surface area contributed by atoms with Gasteiger partial charge in [-0.15, -0.1) is 0 Å². The number of hydrogen-bond acceptors (Lipinski definition) is 6. The van der Waals surface area contributed by atoms with Crippen molar-refractivity contribution < 1.29 is 18.9 Å². The highest BCUT2D eigenvalue weighted by Crippen LogP contribution is 2.23. The van der Waals surface area contributed by atoms with E-state index in [9.17, 15) is 0 Å². The molecule has 6 nitrogen and oxygen atoms in total. The fourth-order valence-corrected chi connectivity index (χ4v) is 4.59. The molecule has 0 aliphatic rings. The molecule has 0 heterocycles. The molecule has 0 bridgehead atoms. The van der Waals surface area contributed by atoms with Gasteiger partial charge in [0.15, 0.2) is 0 Å². The van der Waals surface area contributed by atoms with Gasteiger partial charge >= 0.3 is 0 Å². The lowest BCUT2D eigenvalue weighted by atomic mass is 10.1. The molecule has 0 amide bonds. The quantitative estimate of drug-likeness (QED) is 0.185. The van der Waals surface area contributed by atoms with Gasteiger partial charge < -0.3 is 18.9 Å². The summed E-state index contributed by atoms with van der Waals surface area (Å²) in [6, 6.07) is 13.1. The van der Waals surface area contributed by atoms with Gasteiger partial charge in [0, 0.05) is 25.2 Å². The van der Waals surface area contributed by atoms with Crippen molar-refractivity contribution in [1.82, 2.24) is 9.80 Å². The third-order valence-corrected chi connectivity index (χ3v) is 7.03. The summed E-state index contributed by atoms with van der Waals surface area (Å²) in [6.07, 6.45) is 0. The normalized spacial score (nSPS) is 13.2. The minimum Gasteiger partial charge on any atom is -0.491 e. The minimum absolute atomic E-state index is 0.304. The lowest BCUT2D eigenvalue weighted by Crippen LogP contribution is -2.40. The average molecular weight is 515 g/mol. The van der Waals surface area contributed by atoms with Crippen molar-refractivity contribution in [2.45, 2.75) is 67.5 Å². The van der Waals surface area contributed by atoms with Crippen molar-refractivity contribution >= 4 is 0 Å². The lowest BCUT2D eigenvalue weighted by Gasteiger charge is -2.28. The number of ether oxygens (including phenoxy) is 4. The Kier molecular flexibility index (Phi) is 14.0. The molecule has 2 aromatic rings. The summed E-state index contributed by atoms with van der Waals surface area (Å²) in [5.74, 6) is 2.00. The Morgan fingerprint density at radius 1 is 0.622 bits per heavy atom. The first-order chi connectivity index (χ1) is 17.8. The summed E-state index contributed by atoms with van der Waals surface area (Å²) < 4.78 is 23.9. The van der Waals surface area contributed by atoms with Crippen molar-refractivity contribution in [3.63, 3.8) is 0 Å². The fraction of sp³-hybridized carbons (Fsp3) is 0.613. The van der Waals surface area contributed by atoms with Crippen LogP contribution in [0.15, 0.2) is 36.4 Å². The zero-order valence-corrected chi connectivity index (χ0v) is 24.5. The van der Waals surface area contributed by atoms with E-state index in [1.54, 1.807) is 0 Å². The average Bonchev–Trinajstić information content (AvgIpc) is 2.87. The Morgan fingerprint density at radius 2 is 0.973 bits per heavy atom. The van der Waals surface area contributed by atoms with Gasteiger partial charge in [-0.2, -0.15) is 0 Å². The summed E-state index contributed by atoms with van der Waals surface area (Å²) in [4.78, 5) is 4.76. The number of rotatable bonds is 18. The van der Waals surface area contributed by atoms with Crippen molar-refractivity contribution in [2.75, 3.05) is 59.4 Å². The standard InChI is InChI=1S/C31H50N2O4/c1-9-32(28(7)21-36-30-24(3)13-11-14-25(30)4)17-19-34-23-35-20-18-33(10-2)29(8)22-37-31-26(5)15-12-16-27(31)6/h11-16,28-29H,9-10,17-23H2,1-8H3. The van der Waals surface area contributed by atoms with E-state index in [2.05, 4.69) is 102 Å². The van der Waals surface area contributed by atoms with Crippen LogP contribution in [0, 0.1) is 27.7 Å². The smallest absolute Gasteiger partial charge is 0.146 e. The summed E-state index contributed by atoms with van der Waals surface area (Å²) in [7, 11) is 0. The van der Waals surface area contributed by atoms with Gasteiger partial charge in [-0.3, -0.25) is 9.80 Å². The van der Waals surface area contributed by atoms with E-state index >= 15 is 0 Å². The Balaban J connectivity index is 1.62. The molecule has 0 aromatic heterocycles. The van der Waals surface area contributed by atoms with Crippen LogP contribution in [0.3, 0.4) is 0 Å². The number of benzene rings is 2. The zero-order chi connectivity index (χ0) is 27.2. The van der Waals surface area contributed by atoms with Crippen molar-refractivity contribution in [3.05, 3.63) is 58.7 Å². The molecular formula is C31H50N2O4. The van der Waals surface area contributed by atoms with Crippen molar-refractivity contribution in [1.29, 1.82) is 0 Å². The van der Waals surface area contributed by atoms with Crippen LogP contribution in [0.5, 0.6) is 11.5 Å². The summed E-state index contributed by atoms with van der Waals surface area (Å²) in [5, 5.41) is 0. The minimum atomic E-state index is 0.304. The van der Waals surface area contributed by atoms with Gasteiger partial charge in [0.1, 0.15) is 31.5 Å². The Hall–Kier alpha value is -2.12. The second kappa shape index (κ2) is 16.7. The highest BCUT2D eigenvalue weighted by atomic mass is 16.7. The van der Waals surface area contributed by atoms with Gasteiger partial charge in [-0.1, -0.05) is 50.2 Å². The molecule has 0 aliphatic heterocycles. The summed E-state index contributed by atoms with van der Waals surface area (Å²) >= 11 is 0. The van der Waals surface area contributed by atoms with E-state index in [1.165, 1.54) is 22.3 Å². The van der Waals surface area contributed by atoms with Gasteiger partial charge in [-0.05, 0) is 76.9 Å². The summed E-state index contributed by atoms with van der Waals surface area (Å²) in [5.41, 5.74) is 4.72. The van der Waals surface area contributed by atoms with Crippen LogP contribution < -0.4 is 9.47 Å². The molecule has 2 unspecified atom stereocenters. The molecule has 0 N–H and O–H groups in total. The Bertz CT molecular complexity index is 806. The Labute approximate surface area is 225 Å². The van der Waals surface area contributed by atoms with Crippen LogP contribution >= 0.6 is 0 Å². The molecule has 0 aliphatic carbocycles. The highest BCUT2D eigenvalue weighted by molar-refractivity contribution is 5.40. The van der Waals surface area contributed by atoms with Crippen LogP contribution in [0.2, 0.25) is 0 Å². The molecule has 0 fully saturated rings. The van der Waals surface area contributed by atoms with E-state index in [4.69, 9.17) is 18.9 Å². The molecule has 2 atom stereocenters. The maximum absolute atomic E-state index is 6.16. The van der Waals surface area contributed by atoms with E-state index in [0.29, 0.717) is 45.3 Å². The first-order valence-corrected chi connectivity index (χ1v) is 13.8. The number of aryl methyl sites for hydroxylation is 4. The maximum Gasteiger partial charge on any atom is 0.146 e. The Morgan fingerprint density at radius 3 is 1.30 bits per heavy atom. The van der Waals surface area contributed by atoms with Crippen LogP contribution in [0.4, 0.5) is 0 Å². The predicted octanol–water partition coefficient (Wildman–Crippen LogP) is 5.79. The molecule has 208 valence electrons. The second-order valence-electron chi connectivity index (χ2n) is 9.95. The number of hydrogen-bond donors (Lipinski definition) is 0. The second-order valence-corrected chi connectivity index (χ2v) is 9.95. The number of nitrogens with zero attached hydrogens (tertiary/aromatic N) is 2. The fourth-order valence-electron chi connectivity index (χ4n) is 4.59. The molecule has 0 saturated carbocycles. The van der Waals surface area contributed by atoms with Gasteiger partial charge in [-0.25, -0.2) is 0 Å². The van der Waals surface area contributed by atoms with E-state index < -0.39 is 0 Å². The molecule has 37 heavy (non-hydrogen) atoms. The predicted molar refractivity (Wildman–Crippen MR) is 153 cm³/mol. The third-order valence-electron chi connectivity index (χ3n) is 7.03. The molecule has 0 radical (unpaired) electrons. The molecule has 2 rings (SSSR count). The summed E-state index contributed by atoms with van der Waals surface area (Å²) in [6.45, 7) is 23.7. The SMILES string of the molecule is CCN(CCOCOCCN(CC)C(C)COc1c(C)cccc1C)C(C)COc1c(C)cccc1C. The van der Waals surface area contributed by atoms with Crippen molar-refractivity contribution in [3.8, 4) is 11.5 Å². The lowest BCUT2D eigenvalue weighted by molar-refractivity contribution is -0.0665. The number of likely N-dealkylation sites (N-methyl/N-ethyl adjacent to an activating group) is 2. The highest BCUT2D eigenvalue weighted by Gasteiger charge is 2.15. The van der Waals surface area contributed by atoms with Crippen LogP contribution in [-0.4, -0.2) is 81.3 Å². The molecule has 6 heteroatoms. The zero-order valence-electron chi connectivity index (χ0n) is 24.5. The van der Waals surface area contributed by atoms with Crippen LogP contribution in [0.1, 0.15) is 49.9 Å². The van der Waals surface area contributed by atoms with E-state index in [0.717, 1.165) is 37.7 Å². The third kappa shape index (κ3) is 10.3. The molecular weight excluding hydrogens is 464 g/mol. The molecule has 2 aromatic carbocycles. The first-order valence-electron chi connectivity index (χ1n) is 13.8. The molecule has 0 saturated heterocycles. The van der Waals surface area contributed by atoms with Crippen LogP contribution in [0.25, 0.3) is 0 Å². The monoisotopic (exact) mass is 514 g/mol. The maximum atomic E-state index is 6.16. The van der Waals surface area contributed by atoms with E-state index in [1.807, 2.05) is 0 Å². The first kappa shape index (κ1) is 31.1. The van der Waals surface area contributed by atoms with E-state index in [-0.39, 0.29) is 0 Å².